The highest BCUT2D eigenvalue weighted by Crippen LogP contribution is 2.40. The fourth-order valence-electron chi connectivity index (χ4n) is 2.46. The number of hydrogen-bond acceptors (Lipinski definition) is 5. The van der Waals surface area contributed by atoms with Crippen LogP contribution in [-0.2, 0) is 13.0 Å². The summed E-state index contributed by atoms with van der Waals surface area (Å²) in [6.45, 7) is 2.62. The number of alkyl halides is 2. The Balaban J connectivity index is 2.04. The van der Waals surface area contributed by atoms with Gasteiger partial charge in [0.25, 0.3) is 5.92 Å². The summed E-state index contributed by atoms with van der Waals surface area (Å²) < 4.78 is 32.9. The van der Waals surface area contributed by atoms with Gasteiger partial charge in [0.1, 0.15) is 5.15 Å². The van der Waals surface area contributed by atoms with Crippen LogP contribution in [0.15, 0.2) is 41.6 Å². The zero-order valence-corrected chi connectivity index (χ0v) is 15.9. The number of rotatable bonds is 5. The van der Waals surface area contributed by atoms with E-state index in [0.29, 0.717) is 5.56 Å². The van der Waals surface area contributed by atoms with Crippen molar-refractivity contribution in [3.05, 3.63) is 52.9 Å². The number of nitrogens with zero attached hydrogens (tertiary/aromatic N) is 4. The van der Waals surface area contributed by atoms with Gasteiger partial charge in [0.15, 0.2) is 0 Å². The number of hydrogen-bond donors (Lipinski definition) is 1. The predicted octanol–water partition coefficient (Wildman–Crippen LogP) is 5.07. The molecule has 0 aliphatic carbocycles. The van der Waals surface area contributed by atoms with Crippen molar-refractivity contribution in [2.45, 2.75) is 24.7 Å². The summed E-state index contributed by atoms with van der Waals surface area (Å²) >= 11 is 7.33. The zero-order chi connectivity index (χ0) is 18.9. The summed E-state index contributed by atoms with van der Waals surface area (Å²) in [7, 11) is 1.80. The third kappa shape index (κ3) is 3.96. The van der Waals surface area contributed by atoms with Gasteiger partial charge in [-0.05, 0) is 24.4 Å². The van der Waals surface area contributed by atoms with Crippen molar-refractivity contribution in [3.8, 4) is 11.3 Å². The average molecular weight is 396 g/mol. The minimum Gasteiger partial charge on any atom is -0.294 e. The second kappa shape index (κ2) is 7.20. The normalized spacial score (nSPS) is 11.6. The van der Waals surface area contributed by atoms with E-state index in [0.717, 1.165) is 17.4 Å². The summed E-state index contributed by atoms with van der Waals surface area (Å²) in [6, 6.07) is 7.18. The highest BCUT2D eigenvalue weighted by molar-refractivity contribution is 8.00. The first kappa shape index (κ1) is 18.6. The lowest BCUT2D eigenvalue weighted by molar-refractivity contribution is 0.0176. The molecule has 0 radical (unpaired) electrons. The molecule has 1 N–H and O–H groups in total. The van der Waals surface area contributed by atoms with Crippen molar-refractivity contribution < 1.29 is 8.78 Å². The molecule has 1 aromatic carbocycles. The van der Waals surface area contributed by atoms with Gasteiger partial charge < -0.3 is 0 Å². The smallest absolute Gasteiger partial charge is 0.275 e. The minimum absolute atomic E-state index is 0.116. The summed E-state index contributed by atoms with van der Waals surface area (Å²) in [6.07, 6.45) is 3.46. The monoisotopic (exact) mass is 395 g/mol. The average Bonchev–Trinajstić information content (AvgIpc) is 2.97. The van der Waals surface area contributed by atoms with Crippen LogP contribution in [0, 0.1) is 6.92 Å². The molecule has 3 rings (SSSR count). The molecule has 136 valence electrons. The van der Waals surface area contributed by atoms with Crippen molar-refractivity contribution >= 4 is 29.5 Å². The van der Waals surface area contributed by atoms with Gasteiger partial charge >= 0.3 is 0 Å². The molecule has 5 nitrogen and oxygen atoms in total. The van der Waals surface area contributed by atoms with Crippen LogP contribution in [0.3, 0.4) is 0 Å². The highest BCUT2D eigenvalue weighted by atomic mass is 35.5. The van der Waals surface area contributed by atoms with E-state index in [1.54, 1.807) is 36.3 Å². The van der Waals surface area contributed by atoms with E-state index >= 15 is 0 Å². The van der Waals surface area contributed by atoms with E-state index in [9.17, 15) is 8.78 Å². The van der Waals surface area contributed by atoms with Crippen LogP contribution >= 0.6 is 23.5 Å². The lowest BCUT2D eigenvalue weighted by Gasteiger charge is -2.18. The second-order valence-electron chi connectivity index (χ2n) is 5.82. The third-order valence-electron chi connectivity index (χ3n) is 3.65. The van der Waals surface area contributed by atoms with Crippen molar-refractivity contribution in [2.24, 2.45) is 7.05 Å². The maximum Gasteiger partial charge on any atom is 0.275 e. The summed E-state index contributed by atoms with van der Waals surface area (Å²) in [4.78, 5) is 9.14. The number of anilines is 1. The summed E-state index contributed by atoms with van der Waals surface area (Å²) in [5.41, 5.74) is 1.14. The van der Waals surface area contributed by atoms with Gasteiger partial charge in [0, 0.05) is 25.7 Å². The fraction of sp³-hybridized carbons (Fsp3) is 0.235. The molecule has 0 unspecified atom stereocenters. The SMILES string of the molecule is Cc1ccccc1-c1nc(NSc2cnn(C)c2)nc(Cl)c1C(C)(F)F. The molecule has 26 heavy (non-hydrogen) atoms. The van der Waals surface area contributed by atoms with Gasteiger partial charge in [0.2, 0.25) is 5.95 Å². The van der Waals surface area contributed by atoms with Crippen LogP contribution in [0.1, 0.15) is 18.1 Å². The van der Waals surface area contributed by atoms with Gasteiger partial charge in [-0.1, -0.05) is 35.9 Å². The largest absolute Gasteiger partial charge is 0.294 e. The number of halogens is 3. The molecule has 0 aliphatic heterocycles. The fourth-order valence-corrected chi connectivity index (χ4v) is 3.40. The van der Waals surface area contributed by atoms with Gasteiger partial charge in [-0.15, -0.1) is 0 Å². The van der Waals surface area contributed by atoms with Crippen LogP contribution in [0.4, 0.5) is 14.7 Å². The molecule has 0 bridgehead atoms. The Kier molecular flexibility index (Phi) is 5.15. The third-order valence-corrected chi connectivity index (χ3v) is 4.65. The van der Waals surface area contributed by atoms with E-state index in [1.807, 2.05) is 19.1 Å². The Bertz CT molecular complexity index is 939. The van der Waals surface area contributed by atoms with Gasteiger partial charge in [-0.3, -0.25) is 9.40 Å². The predicted molar refractivity (Wildman–Crippen MR) is 99.5 cm³/mol. The molecule has 0 saturated heterocycles. The van der Waals surface area contributed by atoms with Crippen molar-refractivity contribution in [1.29, 1.82) is 0 Å². The molecular weight excluding hydrogens is 380 g/mol. The van der Waals surface area contributed by atoms with Crippen LogP contribution in [-0.4, -0.2) is 19.7 Å². The van der Waals surface area contributed by atoms with E-state index in [-0.39, 0.29) is 22.4 Å². The Hall–Kier alpha value is -2.19. The van der Waals surface area contributed by atoms with Crippen molar-refractivity contribution in [2.75, 3.05) is 4.72 Å². The van der Waals surface area contributed by atoms with Crippen LogP contribution in [0.5, 0.6) is 0 Å². The van der Waals surface area contributed by atoms with Crippen LogP contribution in [0.2, 0.25) is 5.15 Å². The molecule has 2 aromatic heterocycles. The molecule has 2 heterocycles. The summed E-state index contributed by atoms with van der Waals surface area (Å²) in [5.74, 6) is -3.03. The number of nitrogens with one attached hydrogen (secondary N) is 1. The zero-order valence-electron chi connectivity index (χ0n) is 14.3. The van der Waals surface area contributed by atoms with E-state index in [1.165, 1.54) is 11.9 Å². The molecule has 0 saturated carbocycles. The molecule has 0 spiro atoms. The molecule has 0 amide bonds. The number of benzene rings is 1. The molecular formula is C17H16ClF2N5S. The first-order valence-corrected chi connectivity index (χ1v) is 8.88. The molecule has 3 aromatic rings. The first-order valence-electron chi connectivity index (χ1n) is 7.69. The van der Waals surface area contributed by atoms with Crippen molar-refractivity contribution in [3.63, 3.8) is 0 Å². The molecule has 0 aliphatic rings. The molecule has 9 heteroatoms. The van der Waals surface area contributed by atoms with Gasteiger partial charge in [-0.2, -0.15) is 10.1 Å². The van der Waals surface area contributed by atoms with Crippen LogP contribution < -0.4 is 4.72 Å². The molecule has 0 fully saturated rings. The topological polar surface area (TPSA) is 55.6 Å². The number of aromatic nitrogens is 4. The summed E-state index contributed by atoms with van der Waals surface area (Å²) in [5, 5.41) is 3.78. The maximum atomic E-state index is 14.2. The van der Waals surface area contributed by atoms with E-state index in [4.69, 9.17) is 11.6 Å². The van der Waals surface area contributed by atoms with Gasteiger partial charge in [-0.25, -0.2) is 13.8 Å². The molecule has 0 atom stereocenters. The minimum atomic E-state index is -3.18. The standard InChI is InChI=1S/C17H16ClF2N5S/c1-10-6-4-5-7-12(10)14-13(17(2,19)20)15(18)23-16(22-14)24-26-11-8-21-25(3)9-11/h4-9H,1-3H3,(H,22,23,24). The Labute approximate surface area is 158 Å². The highest BCUT2D eigenvalue weighted by Gasteiger charge is 2.34. The van der Waals surface area contributed by atoms with Crippen molar-refractivity contribution in [1.82, 2.24) is 19.7 Å². The quantitative estimate of drug-likeness (QED) is 0.482. The van der Waals surface area contributed by atoms with E-state index < -0.39 is 5.92 Å². The van der Waals surface area contributed by atoms with Gasteiger partial charge in [0.05, 0.1) is 22.3 Å². The number of aryl methyl sites for hydroxylation is 2. The van der Waals surface area contributed by atoms with Crippen LogP contribution in [0.25, 0.3) is 11.3 Å². The first-order chi connectivity index (χ1) is 12.3. The Morgan fingerprint density at radius 2 is 1.96 bits per heavy atom. The second-order valence-corrected chi connectivity index (χ2v) is 7.06. The lowest BCUT2D eigenvalue weighted by atomic mass is 9.99. The van der Waals surface area contributed by atoms with E-state index in [2.05, 4.69) is 19.8 Å². The Morgan fingerprint density at radius 3 is 2.58 bits per heavy atom. The maximum absolute atomic E-state index is 14.2. The lowest BCUT2D eigenvalue weighted by Crippen LogP contribution is -2.14. The Morgan fingerprint density at radius 1 is 1.23 bits per heavy atom.